The smallest absolute Gasteiger partial charge is 0.409 e. The Morgan fingerprint density at radius 2 is 2.03 bits per heavy atom. The molecule has 0 fully saturated rings. The molecule has 0 spiro atoms. The highest BCUT2D eigenvalue weighted by atomic mass is 19.1. The number of primary amides is 1. The fraction of sp³-hybridized carbons (Fsp3) is 0.136. The van der Waals surface area contributed by atoms with Gasteiger partial charge in [-0.1, -0.05) is 12.1 Å². The van der Waals surface area contributed by atoms with E-state index in [-0.39, 0.29) is 16.9 Å². The molecule has 2 aromatic heterocycles. The number of carboxylic acid groups (broad SMARTS) is 1. The van der Waals surface area contributed by atoms with Gasteiger partial charge in [0.15, 0.2) is 11.5 Å². The first-order chi connectivity index (χ1) is 15.4. The number of methoxy groups -OCH3 is 1. The molecule has 0 aliphatic carbocycles. The number of nitrogens with one attached hydrogen (secondary N) is 2. The molecule has 0 saturated heterocycles. The Balaban J connectivity index is 1.94. The normalized spacial score (nSPS) is 11.1. The average Bonchev–Trinajstić information content (AvgIpc) is 3.13. The van der Waals surface area contributed by atoms with Gasteiger partial charge in [-0.05, 0) is 18.2 Å². The molecule has 2 amide bonds. The Labute approximate surface area is 181 Å². The van der Waals surface area contributed by atoms with Crippen molar-refractivity contribution < 1.29 is 28.6 Å². The van der Waals surface area contributed by atoms with E-state index in [1.807, 2.05) is 5.32 Å². The minimum atomic E-state index is -1.39. The van der Waals surface area contributed by atoms with Gasteiger partial charge in [0.1, 0.15) is 12.4 Å². The number of ether oxygens (including phenoxy) is 2. The van der Waals surface area contributed by atoms with Crippen LogP contribution in [0.15, 0.2) is 42.6 Å². The van der Waals surface area contributed by atoms with Crippen molar-refractivity contribution >= 4 is 39.5 Å². The number of aromatic nitrogens is 2. The third-order valence-corrected chi connectivity index (χ3v) is 4.92. The van der Waals surface area contributed by atoms with Crippen LogP contribution in [0.5, 0.6) is 5.75 Å². The van der Waals surface area contributed by atoms with Gasteiger partial charge in [0.05, 0.1) is 23.3 Å². The fourth-order valence-corrected chi connectivity index (χ4v) is 3.57. The molecule has 2 aromatic carbocycles. The van der Waals surface area contributed by atoms with Crippen LogP contribution in [-0.2, 0) is 4.74 Å². The van der Waals surface area contributed by atoms with E-state index >= 15 is 4.39 Å². The number of nitrogens with two attached hydrogens (primary N) is 1. The SMILES string of the molecule is COCCOc1ccc2c(c1)[nH]c1c(C(N)=O)ncc(-c3cccc(NC(=O)O)c3F)c12. The van der Waals surface area contributed by atoms with E-state index < -0.39 is 17.8 Å². The highest BCUT2D eigenvalue weighted by Crippen LogP contribution is 2.38. The molecular weight excluding hydrogens is 419 g/mol. The summed E-state index contributed by atoms with van der Waals surface area (Å²) >= 11 is 0. The molecule has 0 aliphatic rings. The molecule has 0 radical (unpaired) electrons. The number of anilines is 1. The lowest BCUT2D eigenvalue weighted by molar-refractivity contribution is 0.0997. The fourth-order valence-electron chi connectivity index (χ4n) is 3.57. The average molecular weight is 438 g/mol. The largest absolute Gasteiger partial charge is 0.491 e. The van der Waals surface area contributed by atoms with Crippen molar-refractivity contribution in [3.05, 3.63) is 54.1 Å². The number of amides is 2. The minimum absolute atomic E-state index is 0.00188. The van der Waals surface area contributed by atoms with Crippen LogP contribution in [-0.4, -0.2) is 47.4 Å². The topological polar surface area (TPSA) is 140 Å². The summed E-state index contributed by atoms with van der Waals surface area (Å²) < 4.78 is 25.8. The Morgan fingerprint density at radius 1 is 1.22 bits per heavy atom. The molecular formula is C22H19FN4O5. The predicted molar refractivity (Wildman–Crippen MR) is 117 cm³/mol. The lowest BCUT2D eigenvalue weighted by Gasteiger charge is -2.10. The van der Waals surface area contributed by atoms with Crippen LogP contribution in [0.25, 0.3) is 32.9 Å². The van der Waals surface area contributed by atoms with E-state index in [9.17, 15) is 9.59 Å². The maximum absolute atomic E-state index is 15.2. The molecule has 2 heterocycles. The number of hydrogen-bond acceptors (Lipinski definition) is 5. The Hall–Kier alpha value is -4.18. The first kappa shape index (κ1) is 21.1. The highest BCUT2D eigenvalue weighted by Gasteiger charge is 2.21. The second kappa shape index (κ2) is 8.52. The van der Waals surface area contributed by atoms with Crippen molar-refractivity contribution in [2.75, 3.05) is 25.6 Å². The zero-order valence-corrected chi connectivity index (χ0v) is 16.9. The summed E-state index contributed by atoms with van der Waals surface area (Å²) in [5.41, 5.74) is 6.77. The monoisotopic (exact) mass is 438 g/mol. The van der Waals surface area contributed by atoms with Crippen molar-refractivity contribution in [3.8, 4) is 16.9 Å². The summed E-state index contributed by atoms with van der Waals surface area (Å²) in [6, 6.07) is 9.62. The van der Waals surface area contributed by atoms with Crippen LogP contribution in [0, 0.1) is 5.82 Å². The number of hydrogen-bond donors (Lipinski definition) is 4. The molecule has 4 aromatic rings. The summed E-state index contributed by atoms with van der Waals surface area (Å²) in [5.74, 6) is -0.930. The number of halogens is 1. The molecule has 0 unspecified atom stereocenters. The van der Waals surface area contributed by atoms with Gasteiger partial charge < -0.3 is 25.3 Å². The van der Waals surface area contributed by atoms with Crippen LogP contribution in [0.1, 0.15) is 10.5 Å². The van der Waals surface area contributed by atoms with Gasteiger partial charge in [-0.15, -0.1) is 0 Å². The first-order valence-corrected chi connectivity index (χ1v) is 9.55. The number of aromatic amines is 1. The number of carbonyl (C=O) groups excluding carboxylic acids is 1. The van der Waals surface area contributed by atoms with Crippen molar-refractivity contribution in [1.29, 1.82) is 0 Å². The minimum Gasteiger partial charge on any atom is -0.491 e. The molecule has 32 heavy (non-hydrogen) atoms. The van der Waals surface area contributed by atoms with E-state index in [1.165, 1.54) is 24.4 Å². The quantitative estimate of drug-likeness (QED) is 0.324. The van der Waals surface area contributed by atoms with Crippen LogP contribution in [0.2, 0.25) is 0 Å². The summed E-state index contributed by atoms with van der Waals surface area (Å²) in [6.07, 6.45) is -0.0386. The molecule has 0 atom stereocenters. The van der Waals surface area contributed by atoms with E-state index in [4.69, 9.17) is 20.3 Å². The van der Waals surface area contributed by atoms with Gasteiger partial charge in [0, 0.05) is 41.3 Å². The number of H-pyrrole nitrogens is 1. The zero-order valence-electron chi connectivity index (χ0n) is 16.9. The van der Waals surface area contributed by atoms with E-state index in [1.54, 1.807) is 25.3 Å². The lowest BCUT2D eigenvalue weighted by Crippen LogP contribution is -2.14. The third-order valence-electron chi connectivity index (χ3n) is 4.92. The van der Waals surface area contributed by atoms with Gasteiger partial charge in [0.25, 0.3) is 5.91 Å². The van der Waals surface area contributed by atoms with E-state index in [0.29, 0.717) is 46.3 Å². The van der Waals surface area contributed by atoms with Gasteiger partial charge >= 0.3 is 6.09 Å². The predicted octanol–water partition coefficient (Wildman–Crippen LogP) is 3.74. The summed E-state index contributed by atoms with van der Waals surface area (Å²) in [7, 11) is 1.57. The number of benzene rings is 2. The number of nitrogens with zero attached hydrogens (tertiary/aromatic N) is 1. The molecule has 9 nitrogen and oxygen atoms in total. The van der Waals surface area contributed by atoms with Gasteiger partial charge in [-0.2, -0.15) is 0 Å². The highest BCUT2D eigenvalue weighted by molar-refractivity contribution is 6.19. The number of pyridine rings is 1. The number of fused-ring (bicyclic) bond motifs is 3. The Bertz CT molecular complexity index is 1350. The van der Waals surface area contributed by atoms with Crippen LogP contribution >= 0.6 is 0 Å². The third kappa shape index (κ3) is 3.79. The summed E-state index contributed by atoms with van der Waals surface area (Å²) in [6.45, 7) is 0.779. The molecule has 0 bridgehead atoms. The number of rotatable bonds is 7. The van der Waals surface area contributed by atoms with Crippen molar-refractivity contribution in [1.82, 2.24) is 9.97 Å². The molecule has 5 N–H and O–H groups in total. The number of carbonyl (C=O) groups is 2. The van der Waals surface area contributed by atoms with E-state index in [2.05, 4.69) is 9.97 Å². The molecule has 4 rings (SSSR count). The first-order valence-electron chi connectivity index (χ1n) is 9.55. The lowest BCUT2D eigenvalue weighted by atomic mass is 9.99. The van der Waals surface area contributed by atoms with Crippen LogP contribution in [0.3, 0.4) is 0 Å². The second-order valence-corrected chi connectivity index (χ2v) is 6.91. The molecule has 10 heteroatoms. The van der Waals surface area contributed by atoms with Crippen molar-refractivity contribution in [2.45, 2.75) is 0 Å². The maximum atomic E-state index is 15.2. The maximum Gasteiger partial charge on any atom is 0.409 e. The zero-order chi connectivity index (χ0) is 22.8. The standard InChI is InChI=1S/C22H19FN4O5/c1-31-7-8-32-11-5-6-13-16(9-11)26-19-17(13)14(10-25-20(19)21(24)28)12-3-2-4-15(18(12)23)27-22(29)30/h2-6,9-10,26-27H,7-8H2,1H3,(H2,24,28)(H,29,30). The summed E-state index contributed by atoms with van der Waals surface area (Å²) in [5, 5.41) is 12.2. The van der Waals surface area contributed by atoms with Gasteiger partial charge in [-0.3, -0.25) is 10.1 Å². The van der Waals surface area contributed by atoms with Gasteiger partial charge in [-0.25, -0.2) is 14.2 Å². The van der Waals surface area contributed by atoms with Gasteiger partial charge in [0.2, 0.25) is 0 Å². The van der Waals surface area contributed by atoms with Crippen LogP contribution in [0.4, 0.5) is 14.9 Å². The van der Waals surface area contributed by atoms with Crippen molar-refractivity contribution in [3.63, 3.8) is 0 Å². The van der Waals surface area contributed by atoms with Crippen molar-refractivity contribution in [2.24, 2.45) is 5.73 Å². The van der Waals surface area contributed by atoms with E-state index in [0.717, 1.165) is 0 Å². The molecule has 0 aliphatic heterocycles. The summed E-state index contributed by atoms with van der Waals surface area (Å²) in [4.78, 5) is 30.2. The second-order valence-electron chi connectivity index (χ2n) is 6.91. The Morgan fingerprint density at radius 3 is 2.75 bits per heavy atom. The molecule has 0 saturated carbocycles. The molecule has 164 valence electrons. The van der Waals surface area contributed by atoms with Crippen LogP contribution < -0.4 is 15.8 Å². The Kier molecular flexibility index (Phi) is 5.61.